The van der Waals surface area contributed by atoms with Crippen molar-refractivity contribution in [1.82, 2.24) is 9.80 Å². The lowest BCUT2D eigenvalue weighted by molar-refractivity contribution is 0.328. The van der Waals surface area contributed by atoms with Gasteiger partial charge in [0.05, 0.1) is 0 Å². The van der Waals surface area contributed by atoms with Crippen LogP contribution in [0.15, 0.2) is 30.3 Å². The maximum absolute atomic E-state index is 8.24. The zero-order chi connectivity index (χ0) is 12.7. The quantitative estimate of drug-likeness (QED) is 0.603. The van der Waals surface area contributed by atoms with Crippen LogP contribution in [0, 0.1) is 5.41 Å². The molecule has 0 unspecified atom stereocenters. The Balaban J connectivity index is 2.66. The highest BCUT2D eigenvalue weighted by Gasteiger charge is 2.10. The number of likely N-dealkylation sites (N-methyl/N-ethyl adjacent to an activating group) is 1. The average Bonchev–Trinajstić information content (AvgIpc) is 2.34. The fourth-order valence-electron chi connectivity index (χ4n) is 1.70. The molecule has 0 saturated heterocycles. The van der Waals surface area contributed by atoms with Gasteiger partial charge in [-0.1, -0.05) is 37.3 Å². The van der Waals surface area contributed by atoms with Crippen LogP contribution in [0.2, 0.25) is 0 Å². The molecule has 0 amide bonds. The van der Waals surface area contributed by atoms with Crippen LogP contribution in [0.4, 0.5) is 0 Å². The first-order valence-corrected chi connectivity index (χ1v) is 6.18. The summed E-state index contributed by atoms with van der Waals surface area (Å²) in [4.78, 5) is 4.30. The zero-order valence-electron chi connectivity index (χ0n) is 11.1. The third-order valence-corrected chi connectivity index (χ3v) is 2.67. The van der Waals surface area contributed by atoms with E-state index in [-0.39, 0.29) is 0 Å². The van der Waals surface area contributed by atoms with Crippen LogP contribution >= 0.6 is 0 Å². The molecule has 94 valence electrons. The fraction of sp³-hybridized carbons (Fsp3) is 0.500. The van der Waals surface area contributed by atoms with Gasteiger partial charge in [0, 0.05) is 25.2 Å². The number of hydrogen-bond donors (Lipinski definition) is 1. The monoisotopic (exact) mass is 233 g/mol. The Hall–Kier alpha value is -1.35. The van der Waals surface area contributed by atoms with Crippen molar-refractivity contribution in [2.45, 2.75) is 13.3 Å². The molecule has 1 aromatic rings. The molecule has 3 heteroatoms. The van der Waals surface area contributed by atoms with Gasteiger partial charge in [0.1, 0.15) is 5.84 Å². The van der Waals surface area contributed by atoms with Crippen molar-refractivity contribution in [2.75, 3.05) is 33.7 Å². The third-order valence-electron chi connectivity index (χ3n) is 2.67. The van der Waals surface area contributed by atoms with Crippen molar-refractivity contribution in [3.05, 3.63) is 35.9 Å². The largest absolute Gasteiger partial charge is 0.355 e. The molecule has 0 heterocycles. The van der Waals surface area contributed by atoms with Crippen LogP contribution in [0.1, 0.15) is 18.9 Å². The van der Waals surface area contributed by atoms with Gasteiger partial charge in [-0.15, -0.1) is 0 Å². The molecule has 0 saturated carbocycles. The molecule has 0 fully saturated rings. The van der Waals surface area contributed by atoms with Crippen molar-refractivity contribution >= 4 is 5.84 Å². The van der Waals surface area contributed by atoms with Gasteiger partial charge in [-0.25, -0.2) is 0 Å². The molecule has 1 N–H and O–H groups in total. The Labute approximate surface area is 105 Å². The maximum atomic E-state index is 8.24. The van der Waals surface area contributed by atoms with E-state index < -0.39 is 0 Å². The van der Waals surface area contributed by atoms with E-state index in [2.05, 4.69) is 30.8 Å². The first-order valence-electron chi connectivity index (χ1n) is 6.18. The number of rotatable bonds is 6. The zero-order valence-corrected chi connectivity index (χ0v) is 11.1. The Morgan fingerprint density at radius 2 is 1.71 bits per heavy atom. The standard InChI is InChI=1S/C14H23N3/c1-4-10-17(12-11-16(2)3)14(15)13-8-6-5-7-9-13/h5-9,15H,4,10-12H2,1-3H3. The summed E-state index contributed by atoms with van der Waals surface area (Å²) in [6.45, 7) is 4.99. The molecule has 0 aliphatic heterocycles. The summed E-state index contributed by atoms with van der Waals surface area (Å²) in [6.07, 6.45) is 1.07. The molecule has 0 bridgehead atoms. The molecular formula is C14H23N3. The summed E-state index contributed by atoms with van der Waals surface area (Å²) in [6, 6.07) is 9.96. The maximum Gasteiger partial charge on any atom is 0.128 e. The average molecular weight is 233 g/mol. The minimum atomic E-state index is 0.634. The fourth-order valence-corrected chi connectivity index (χ4v) is 1.70. The van der Waals surface area contributed by atoms with Crippen LogP contribution in [0.5, 0.6) is 0 Å². The Kier molecular flexibility index (Phi) is 5.70. The predicted octanol–water partition coefficient (Wildman–Crippen LogP) is 2.29. The van der Waals surface area contributed by atoms with Crippen molar-refractivity contribution in [2.24, 2.45) is 0 Å². The molecule has 3 nitrogen and oxygen atoms in total. The molecule has 0 spiro atoms. The highest BCUT2D eigenvalue weighted by atomic mass is 15.2. The predicted molar refractivity (Wildman–Crippen MR) is 73.7 cm³/mol. The SMILES string of the molecule is CCCN(CCN(C)C)C(=N)c1ccccc1. The van der Waals surface area contributed by atoms with Crippen LogP contribution in [0.25, 0.3) is 0 Å². The Morgan fingerprint density at radius 3 is 2.24 bits per heavy atom. The number of amidine groups is 1. The lowest BCUT2D eigenvalue weighted by Gasteiger charge is -2.26. The topological polar surface area (TPSA) is 30.3 Å². The first-order chi connectivity index (χ1) is 8.15. The highest BCUT2D eigenvalue weighted by molar-refractivity contribution is 5.96. The van der Waals surface area contributed by atoms with E-state index in [9.17, 15) is 0 Å². The van der Waals surface area contributed by atoms with Gasteiger partial charge in [0.15, 0.2) is 0 Å². The minimum Gasteiger partial charge on any atom is -0.355 e. The van der Waals surface area contributed by atoms with Crippen LogP contribution in [-0.4, -0.2) is 49.4 Å². The normalized spacial score (nSPS) is 10.6. The third kappa shape index (κ3) is 4.57. The molecule has 17 heavy (non-hydrogen) atoms. The summed E-state index contributed by atoms with van der Waals surface area (Å²) in [5.74, 6) is 0.634. The van der Waals surface area contributed by atoms with Gasteiger partial charge in [0.2, 0.25) is 0 Å². The minimum absolute atomic E-state index is 0.634. The van der Waals surface area contributed by atoms with Crippen LogP contribution in [0.3, 0.4) is 0 Å². The number of benzene rings is 1. The number of nitrogens with one attached hydrogen (secondary N) is 1. The van der Waals surface area contributed by atoms with Crippen molar-refractivity contribution in [1.29, 1.82) is 5.41 Å². The second-order valence-corrected chi connectivity index (χ2v) is 4.50. The second-order valence-electron chi connectivity index (χ2n) is 4.50. The molecular weight excluding hydrogens is 210 g/mol. The van der Waals surface area contributed by atoms with Crippen molar-refractivity contribution in [3.63, 3.8) is 0 Å². The van der Waals surface area contributed by atoms with Gasteiger partial charge in [-0.2, -0.15) is 0 Å². The van der Waals surface area contributed by atoms with E-state index in [1.807, 2.05) is 30.3 Å². The second kappa shape index (κ2) is 7.07. The summed E-state index contributed by atoms with van der Waals surface area (Å²) in [5, 5.41) is 8.24. The van der Waals surface area contributed by atoms with Crippen molar-refractivity contribution < 1.29 is 0 Å². The van der Waals surface area contributed by atoms with Gasteiger partial charge in [-0.05, 0) is 20.5 Å². The Morgan fingerprint density at radius 1 is 1.06 bits per heavy atom. The van der Waals surface area contributed by atoms with E-state index in [1.54, 1.807) is 0 Å². The van der Waals surface area contributed by atoms with Gasteiger partial charge in [-0.3, -0.25) is 5.41 Å². The van der Waals surface area contributed by atoms with Crippen LogP contribution < -0.4 is 0 Å². The molecule has 0 radical (unpaired) electrons. The smallest absolute Gasteiger partial charge is 0.128 e. The van der Waals surface area contributed by atoms with E-state index in [1.165, 1.54) is 0 Å². The molecule has 0 atom stereocenters. The molecule has 1 aromatic carbocycles. The van der Waals surface area contributed by atoms with Gasteiger partial charge >= 0.3 is 0 Å². The molecule has 1 rings (SSSR count). The first kappa shape index (κ1) is 13.7. The Bertz CT molecular complexity index is 333. The highest BCUT2D eigenvalue weighted by Crippen LogP contribution is 2.05. The molecule has 0 aromatic heterocycles. The van der Waals surface area contributed by atoms with Crippen molar-refractivity contribution in [3.8, 4) is 0 Å². The number of hydrogen-bond acceptors (Lipinski definition) is 2. The van der Waals surface area contributed by atoms with E-state index >= 15 is 0 Å². The summed E-state index contributed by atoms with van der Waals surface area (Å²) < 4.78 is 0. The van der Waals surface area contributed by atoms with Crippen LogP contribution in [-0.2, 0) is 0 Å². The van der Waals surface area contributed by atoms with E-state index in [4.69, 9.17) is 5.41 Å². The summed E-state index contributed by atoms with van der Waals surface area (Å²) in [5.41, 5.74) is 1.000. The van der Waals surface area contributed by atoms with Gasteiger partial charge in [0.25, 0.3) is 0 Å². The van der Waals surface area contributed by atoms with E-state index in [0.717, 1.165) is 31.6 Å². The van der Waals surface area contributed by atoms with Gasteiger partial charge < -0.3 is 9.80 Å². The molecule has 0 aliphatic carbocycles. The number of nitrogens with zero attached hydrogens (tertiary/aromatic N) is 2. The summed E-state index contributed by atoms with van der Waals surface area (Å²) in [7, 11) is 4.13. The van der Waals surface area contributed by atoms with E-state index in [0.29, 0.717) is 5.84 Å². The lowest BCUT2D eigenvalue weighted by atomic mass is 10.2. The summed E-state index contributed by atoms with van der Waals surface area (Å²) >= 11 is 0. The molecule has 0 aliphatic rings. The lowest BCUT2D eigenvalue weighted by Crippen LogP contribution is -2.37.